The zero-order valence-electron chi connectivity index (χ0n) is 12.3. The highest BCUT2D eigenvalue weighted by atomic mass is 19.1. The Labute approximate surface area is 120 Å². The molecule has 0 amide bonds. The monoisotopic (exact) mass is 282 g/mol. The highest BCUT2D eigenvalue weighted by Gasteiger charge is 2.27. The minimum Gasteiger partial charge on any atom is -0.314 e. The van der Waals surface area contributed by atoms with Crippen LogP contribution in [-0.4, -0.2) is 31.1 Å². The third-order valence-corrected chi connectivity index (χ3v) is 4.05. The first kappa shape index (κ1) is 15.4. The van der Waals surface area contributed by atoms with Crippen molar-refractivity contribution in [2.75, 3.05) is 26.2 Å². The fourth-order valence-corrected chi connectivity index (χ4v) is 3.22. The molecule has 0 aromatic heterocycles. The molecule has 0 saturated carbocycles. The van der Waals surface area contributed by atoms with Crippen molar-refractivity contribution < 1.29 is 8.78 Å². The molecule has 1 fully saturated rings. The maximum absolute atomic E-state index is 13.5. The van der Waals surface area contributed by atoms with Crippen LogP contribution in [0.1, 0.15) is 38.3 Å². The normalized spacial score (nSPS) is 19.8. The Bertz CT molecular complexity index is 410. The van der Waals surface area contributed by atoms with Crippen LogP contribution in [0, 0.1) is 17.6 Å². The quantitative estimate of drug-likeness (QED) is 0.891. The number of benzene rings is 1. The van der Waals surface area contributed by atoms with E-state index in [-0.39, 0.29) is 6.04 Å². The molecule has 1 aromatic carbocycles. The van der Waals surface area contributed by atoms with Crippen LogP contribution in [0.5, 0.6) is 0 Å². The number of nitrogens with one attached hydrogen (secondary N) is 1. The summed E-state index contributed by atoms with van der Waals surface area (Å²) in [6.45, 7) is 8.06. The van der Waals surface area contributed by atoms with Gasteiger partial charge in [-0.1, -0.05) is 20.3 Å². The van der Waals surface area contributed by atoms with Crippen molar-refractivity contribution in [3.63, 3.8) is 0 Å². The average Bonchev–Trinajstić information content (AvgIpc) is 2.39. The molecule has 0 spiro atoms. The number of rotatable bonds is 5. The molecular formula is C16H24F2N2. The van der Waals surface area contributed by atoms with E-state index < -0.39 is 11.6 Å². The van der Waals surface area contributed by atoms with E-state index in [1.165, 1.54) is 12.1 Å². The molecule has 1 unspecified atom stereocenters. The standard InChI is InChI=1S/C16H24F2N2/c1-3-4-12(2)16(20-7-5-19-6-8-20)13-9-14(17)11-15(18)10-13/h9-12,16,19H,3-8H2,1-2H3/t12?,16-/m1/s1. The predicted molar refractivity (Wildman–Crippen MR) is 77.6 cm³/mol. The van der Waals surface area contributed by atoms with Gasteiger partial charge in [-0.2, -0.15) is 0 Å². The number of hydrogen-bond acceptors (Lipinski definition) is 2. The van der Waals surface area contributed by atoms with Gasteiger partial charge in [0.25, 0.3) is 0 Å². The summed E-state index contributed by atoms with van der Waals surface area (Å²) in [4.78, 5) is 2.35. The van der Waals surface area contributed by atoms with Gasteiger partial charge in [0, 0.05) is 38.3 Å². The number of piperazine rings is 1. The molecule has 1 aliphatic rings. The van der Waals surface area contributed by atoms with E-state index >= 15 is 0 Å². The lowest BCUT2D eigenvalue weighted by Crippen LogP contribution is -2.46. The molecule has 1 heterocycles. The molecule has 4 heteroatoms. The van der Waals surface area contributed by atoms with Gasteiger partial charge in [0.05, 0.1) is 0 Å². The SMILES string of the molecule is CCCC(C)[C@H](c1cc(F)cc(F)c1)N1CCNCC1. The van der Waals surface area contributed by atoms with Gasteiger partial charge in [-0.3, -0.25) is 4.90 Å². The third kappa shape index (κ3) is 3.76. The first-order chi connectivity index (χ1) is 9.61. The Morgan fingerprint density at radius 1 is 1.15 bits per heavy atom. The van der Waals surface area contributed by atoms with Crippen molar-refractivity contribution in [1.29, 1.82) is 0 Å². The second-order valence-electron chi connectivity index (χ2n) is 5.70. The van der Waals surface area contributed by atoms with E-state index in [4.69, 9.17) is 0 Å². The number of hydrogen-bond donors (Lipinski definition) is 1. The molecule has 2 nitrogen and oxygen atoms in total. The molecule has 0 aliphatic carbocycles. The van der Waals surface area contributed by atoms with Crippen LogP contribution in [0.3, 0.4) is 0 Å². The molecule has 1 aliphatic heterocycles. The lowest BCUT2D eigenvalue weighted by molar-refractivity contribution is 0.125. The summed E-state index contributed by atoms with van der Waals surface area (Å²) < 4.78 is 27.1. The Hall–Kier alpha value is -1.00. The van der Waals surface area contributed by atoms with Crippen LogP contribution < -0.4 is 5.32 Å². The largest absolute Gasteiger partial charge is 0.314 e. The van der Waals surface area contributed by atoms with Gasteiger partial charge in [0.15, 0.2) is 0 Å². The van der Waals surface area contributed by atoms with Gasteiger partial charge < -0.3 is 5.32 Å². The van der Waals surface area contributed by atoms with Crippen molar-refractivity contribution in [3.8, 4) is 0 Å². The molecule has 112 valence electrons. The van der Waals surface area contributed by atoms with Crippen molar-refractivity contribution in [1.82, 2.24) is 10.2 Å². The molecule has 1 saturated heterocycles. The van der Waals surface area contributed by atoms with Crippen molar-refractivity contribution in [2.45, 2.75) is 32.7 Å². The van der Waals surface area contributed by atoms with E-state index in [1.807, 2.05) is 0 Å². The van der Waals surface area contributed by atoms with Crippen LogP contribution in [0.2, 0.25) is 0 Å². The highest BCUT2D eigenvalue weighted by molar-refractivity contribution is 5.22. The highest BCUT2D eigenvalue weighted by Crippen LogP contribution is 2.32. The summed E-state index contributed by atoms with van der Waals surface area (Å²) in [6.07, 6.45) is 2.15. The smallest absolute Gasteiger partial charge is 0.126 e. The summed E-state index contributed by atoms with van der Waals surface area (Å²) >= 11 is 0. The van der Waals surface area contributed by atoms with Gasteiger partial charge in [-0.15, -0.1) is 0 Å². The minimum absolute atomic E-state index is 0.0993. The molecule has 20 heavy (non-hydrogen) atoms. The predicted octanol–water partition coefficient (Wildman–Crippen LogP) is 3.35. The molecule has 2 rings (SSSR count). The maximum Gasteiger partial charge on any atom is 0.126 e. The molecule has 0 radical (unpaired) electrons. The fourth-order valence-electron chi connectivity index (χ4n) is 3.22. The molecule has 1 N–H and O–H groups in total. The Morgan fingerprint density at radius 3 is 2.30 bits per heavy atom. The summed E-state index contributed by atoms with van der Waals surface area (Å²) in [5.74, 6) is -0.577. The summed E-state index contributed by atoms with van der Waals surface area (Å²) in [5.41, 5.74) is 0.769. The van der Waals surface area contributed by atoms with Gasteiger partial charge in [-0.25, -0.2) is 8.78 Å². The Kier molecular flexibility index (Phi) is 5.49. The second-order valence-corrected chi connectivity index (χ2v) is 5.70. The van der Waals surface area contributed by atoms with Gasteiger partial charge in [-0.05, 0) is 30.0 Å². The van der Waals surface area contributed by atoms with Crippen molar-refractivity contribution in [3.05, 3.63) is 35.4 Å². The van der Waals surface area contributed by atoms with Crippen LogP contribution in [0.25, 0.3) is 0 Å². The van der Waals surface area contributed by atoms with Crippen LogP contribution in [0.4, 0.5) is 8.78 Å². The van der Waals surface area contributed by atoms with Crippen molar-refractivity contribution in [2.24, 2.45) is 5.92 Å². The van der Waals surface area contributed by atoms with E-state index in [0.29, 0.717) is 5.92 Å². The second kappa shape index (κ2) is 7.14. The van der Waals surface area contributed by atoms with Gasteiger partial charge >= 0.3 is 0 Å². The lowest BCUT2D eigenvalue weighted by atomic mass is 9.89. The van der Waals surface area contributed by atoms with Crippen LogP contribution in [0.15, 0.2) is 18.2 Å². The number of halogens is 2. The molecule has 0 bridgehead atoms. The molecule has 1 aromatic rings. The summed E-state index contributed by atoms with van der Waals surface area (Å²) in [6, 6.07) is 4.02. The van der Waals surface area contributed by atoms with Gasteiger partial charge in [0.1, 0.15) is 11.6 Å². The van der Waals surface area contributed by atoms with E-state index in [2.05, 4.69) is 24.1 Å². The first-order valence-electron chi connectivity index (χ1n) is 7.52. The van der Waals surface area contributed by atoms with Crippen LogP contribution in [-0.2, 0) is 0 Å². The van der Waals surface area contributed by atoms with Gasteiger partial charge in [0.2, 0.25) is 0 Å². The van der Waals surface area contributed by atoms with Crippen LogP contribution >= 0.6 is 0 Å². The Morgan fingerprint density at radius 2 is 1.75 bits per heavy atom. The van der Waals surface area contributed by atoms with E-state index in [0.717, 1.165) is 50.7 Å². The Balaban J connectivity index is 2.28. The summed E-state index contributed by atoms with van der Waals surface area (Å²) in [7, 11) is 0. The molecular weight excluding hydrogens is 258 g/mol. The topological polar surface area (TPSA) is 15.3 Å². The zero-order chi connectivity index (χ0) is 14.5. The lowest BCUT2D eigenvalue weighted by Gasteiger charge is -2.38. The average molecular weight is 282 g/mol. The minimum atomic E-state index is -0.483. The third-order valence-electron chi connectivity index (χ3n) is 4.05. The van der Waals surface area contributed by atoms with E-state index in [1.54, 1.807) is 0 Å². The first-order valence-corrected chi connectivity index (χ1v) is 7.52. The molecule has 2 atom stereocenters. The summed E-state index contributed by atoms with van der Waals surface area (Å²) in [5, 5.41) is 3.32. The van der Waals surface area contributed by atoms with Crippen molar-refractivity contribution >= 4 is 0 Å². The number of nitrogens with zero attached hydrogens (tertiary/aromatic N) is 1. The zero-order valence-corrected chi connectivity index (χ0v) is 12.3. The van der Waals surface area contributed by atoms with E-state index in [9.17, 15) is 8.78 Å². The fraction of sp³-hybridized carbons (Fsp3) is 0.625. The maximum atomic E-state index is 13.5.